The Hall–Kier alpha value is -4.33. The van der Waals surface area contributed by atoms with E-state index in [0.29, 0.717) is 49.5 Å². The zero-order valence-corrected chi connectivity index (χ0v) is 19.7. The summed E-state index contributed by atoms with van der Waals surface area (Å²) in [4.78, 5) is 36.6. The highest BCUT2D eigenvalue weighted by Crippen LogP contribution is 2.35. The predicted octanol–water partition coefficient (Wildman–Crippen LogP) is 4.46. The van der Waals surface area contributed by atoms with Crippen molar-refractivity contribution in [3.8, 4) is 23.8 Å². The van der Waals surface area contributed by atoms with Gasteiger partial charge >= 0.3 is 12.3 Å². The molecule has 3 aromatic rings. The molecule has 0 aliphatic carbocycles. The van der Waals surface area contributed by atoms with E-state index in [9.17, 15) is 22.8 Å². The highest BCUT2D eigenvalue weighted by atomic mass is 19.4. The normalized spacial score (nSPS) is 13.8. The lowest BCUT2D eigenvalue weighted by atomic mass is 10.1. The number of ketones is 1. The highest BCUT2D eigenvalue weighted by molar-refractivity contribution is 5.97. The number of pyridine rings is 1. The van der Waals surface area contributed by atoms with Crippen molar-refractivity contribution in [3.63, 3.8) is 0 Å². The summed E-state index contributed by atoms with van der Waals surface area (Å²) in [5.41, 5.74) is 0.00143. The van der Waals surface area contributed by atoms with Crippen LogP contribution in [0, 0.1) is 12.3 Å². The Morgan fingerprint density at radius 3 is 2.43 bits per heavy atom. The second-order valence-electron chi connectivity index (χ2n) is 8.23. The van der Waals surface area contributed by atoms with E-state index in [0.717, 1.165) is 0 Å². The molecule has 1 fully saturated rings. The number of carbonyl (C=O) groups excluding carboxylic acids is 2. The molecular formula is C26H23F3N4O4. The Balaban J connectivity index is 1.40. The molecule has 0 N–H and O–H groups in total. The van der Waals surface area contributed by atoms with Crippen molar-refractivity contribution < 1.29 is 31.9 Å². The van der Waals surface area contributed by atoms with Crippen LogP contribution in [0.25, 0.3) is 11.5 Å². The molecule has 1 saturated heterocycles. The summed E-state index contributed by atoms with van der Waals surface area (Å²) in [5.74, 6) is 0.508. The number of rotatable bonds is 7. The van der Waals surface area contributed by atoms with Crippen LogP contribution in [-0.4, -0.2) is 59.5 Å². The molecule has 1 aliphatic heterocycles. The van der Waals surface area contributed by atoms with Crippen LogP contribution in [0.2, 0.25) is 0 Å². The molecule has 2 aromatic heterocycles. The van der Waals surface area contributed by atoms with Gasteiger partial charge in [0.1, 0.15) is 12.4 Å². The number of amides is 1. The summed E-state index contributed by atoms with van der Waals surface area (Å²) in [6.45, 7) is 2.08. The molecule has 37 heavy (non-hydrogen) atoms. The Morgan fingerprint density at radius 2 is 1.81 bits per heavy atom. The van der Waals surface area contributed by atoms with Gasteiger partial charge in [0.05, 0.1) is 0 Å². The maximum atomic E-state index is 13.5. The number of anilines is 1. The first kappa shape index (κ1) is 25.8. The molecule has 0 radical (unpaired) electrons. The Morgan fingerprint density at radius 1 is 1.08 bits per heavy atom. The van der Waals surface area contributed by atoms with Crippen LogP contribution in [0.3, 0.4) is 0 Å². The highest BCUT2D eigenvalue weighted by Gasteiger charge is 2.41. The molecule has 192 valence electrons. The molecule has 1 amide bonds. The number of alkyl halides is 3. The molecule has 1 aromatic carbocycles. The zero-order chi connectivity index (χ0) is 26.4. The van der Waals surface area contributed by atoms with Crippen LogP contribution in [0.15, 0.2) is 53.1 Å². The summed E-state index contributed by atoms with van der Waals surface area (Å²) in [5, 5.41) is 0. The maximum Gasteiger partial charge on any atom is 0.452 e. The first-order valence-electron chi connectivity index (χ1n) is 11.5. The fourth-order valence-electron chi connectivity index (χ4n) is 3.79. The topological polar surface area (TPSA) is 88.8 Å². The van der Waals surface area contributed by atoms with Crippen LogP contribution < -0.4 is 4.90 Å². The van der Waals surface area contributed by atoms with Gasteiger partial charge in [-0.2, -0.15) is 13.2 Å². The summed E-state index contributed by atoms with van der Waals surface area (Å²) >= 11 is 0. The molecule has 0 atom stereocenters. The van der Waals surface area contributed by atoms with Gasteiger partial charge in [-0.1, -0.05) is 24.3 Å². The van der Waals surface area contributed by atoms with Gasteiger partial charge in [-0.15, -0.1) is 12.3 Å². The van der Waals surface area contributed by atoms with Crippen LogP contribution in [0.1, 0.15) is 28.2 Å². The van der Waals surface area contributed by atoms with Gasteiger partial charge < -0.3 is 19.0 Å². The number of ether oxygens (including phenoxy) is 1. The fourth-order valence-corrected chi connectivity index (χ4v) is 3.79. The van der Waals surface area contributed by atoms with Gasteiger partial charge in [-0.3, -0.25) is 4.79 Å². The number of nitrogens with zero attached hydrogens (tertiary/aromatic N) is 4. The summed E-state index contributed by atoms with van der Waals surface area (Å²) in [7, 11) is 0. The van der Waals surface area contributed by atoms with Gasteiger partial charge in [-0.05, 0) is 23.8 Å². The van der Waals surface area contributed by atoms with Crippen molar-refractivity contribution in [2.24, 2.45) is 0 Å². The number of oxazole rings is 1. The number of piperazine rings is 1. The smallest absolute Gasteiger partial charge is 0.448 e. The first-order valence-corrected chi connectivity index (χ1v) is 11.5. The minimum absolute atomic E-state index is 0.170. The largest absolute Gasteiger partial charge is 0.452 e. The summed E-state index contributed by atoms with van der Waals surface area (Å²) in [6, 6.07) is 11.4. The molecule has 4 rings (SSSR count). The van der Waals surface area contributed by atoms with E-state index in [4.69, 9.17) is 15.6 Å². The van der Waals surface area contributed by atoms with E-state index in [-0.39, 0.29) is 18.9 Å². The van der Waals surface area contributed by atoms with Gasteiger partial charge in [0, 0.05) is 50.8 Å². The van der Waals surface area contributed by atoms with Gasteiger partial charge in [0.15, 0.2) is 11.5 Å². The van der Waals surface area contributed by atoms with Crippen LogP contribution in [0.4, 0.5) is 23.8 Å². The van der Waals surface area contributed by atoms with Crippen molar-refractivity contribution in [3.05, 3.63) is 65.7 Å². The van der Waals surface area contributed by atoms with Crippen molar-refractivity contribution in [1.29, 1.82) is 0 Å². The van der Waals surface area contributed by atoms with E-state index in [1.54, 1.807) is 47.4 Å². The van der Waals surface area contributed by atoms with E-state index in [1.807, 2.05) is 4.90 Å². The lowest BCUT2D eigenvalue weighted by Crippen LogP contribution is -2.49. The van der Waals surface area contributed by atoms with Crippen molar-refractivity contribution in [2.45, 2.75) is 19.0 Å². The molecular weight excluding hydrogens is 489 g/mol. The van der Waals surface area contributed by atoms with Crippen molar-refractivity contribution >= 4 is 17.7 Å². The van der Waals surface area contributed by atoms with Crippen molar-refractivity contribution in [2.75, 3.05) is 37.7 Å². The number of terminal acetylenes is 1. The number of hydrogen-bond donors (Lipinski definition) is 0. The maximum absolute atomic E-state index is 13.5. The zero-order valence-electron chi connectivity index (χ0n) is 19.7. The van der Waals surface area contributed by atoms with Crippen molar-refractivity contribution in [1.82, 2.24) is 14.9 Å². The lowest BCUT2D eigenvalue weighted by molar-refractivity contribution is -0.153. The molecule has 0 bridgehead atoms. The number of hydrogen-bond acceptors (Lipinski definition) is 7. The number of carbonyl (C=O) groups is 2. The Labute approximate surface area is 211 Å². The van der Waals surface area contributed by atoms with Gasteiger partial charge in [-0.25, -0.2) is 14.8 Å². The average molecular weight is 512 g/mol. The van der Waals surface area contributed by atoms with Gasteiger partial charge in [0.2, 0.25) is 11.7 Å². The fraction of sp³-hybridized carbons (Fsp3) is 0.308. The van der Waals surface area contributed by atoms with E-state index in [1.165, 1.54) is 6.20 Å². The third-order valence-electron chi connectivity index (χ3n) is 5.68. The quantitative estimate of drug-likeness (QED) is 0.262. The van der Waals surface area contributed by atoms with E-state index < -0.39 is 29.5 Å². The molecule has 3 heterocycles. The molecule has 8 nitrogen and oxygen atoms in total. The third kappa shape index (κ3) is 6.27. The SMILES string of the molecule is C#CCCOC(=O)N1CCN(c2ccc(CC(=O)c3nc(-c4ccccc4)oc3C(F)(F)F)cn2)CC1. The van der Waals surface area contributed by atoms with Crippen LogP contribution >= 0.6 is 0 Å². The minimum atomic E-state index is -4.87. The molecule has 1 aliphatic rings. The number of halogens is 3. The second kappa shape index (κ2) is 11.2. The van der Waals surface area contributed by atoms with E-state index in [2.05, 4.69) is 15.9 Å². The standard InChI is InChI=1S/C26H23F3N4O4/c1-2-3-15-36-25(35)33-13-11-32(12-14-33)21-10-9-18(17-30-21)16-20(34)22-23(26(27,28)29)37-24(31-22)19-7-5-4-6-8-19/h1,4-10,17H,3,11-16H2. The summed E-state index contributed by atoms with van der Waals surface area (Å²) in [6.07, 6.45) is 1.33. The minimum Gasteiger partial charge on any atom is -0.448 e. The Bertz CT molecular complexity index is 1280. The van der Waals surface area contributed by atoms with Crippen LogP contribution in [-0.2, 0) is 17.3 Å². The second-order valence-corrected chi connectivity index (χ2v) is 8.23. The molecule has 0 spiro atoms. The average Bonchev–Trinajstić information content (AvgIpc) is 3.37. The van der Waals surface area contributed by atoms with Crippen LogP contribution in [0.5, 0.6) is 0 Å². The number of Topliss-reactive ketones (excluding diaryl/α,β-unsaturated/α-hetero) is 1. The van der Waals surface area contributed by atoms with E-state index >= 15 is 0 Å². The molecule has 0 saturated carbocycles. The number of benzene rings is 1. The molecule has 11 heteroatoms. The number of aromatic nitrogens is 2. The monoisotopic (exact) mass is 512 g/mol. The predicted molar refractivity (Wildman–Crippen MR) is 128 cm³/mol. The third-order valence-corrected chi connectivity index (χ3v) is 5.68. The molecule has 0 unspecified atom stereocenters. The van der Waals surface area contributed by atoms with Gasteiger partial charge in [0.25, 0.3) is 0 Å². The lowest BCUT2D eigenvalue weighted by Gasteiger charge is -2.34. The summed E-state index contributed by atoms with van der Waals surface area (Å²) < 4.78 is 50.7. The first-order chi connectivity index (χ1) is 17.8. The Kier molecular flexibility index (Phi) is 7.77.